The van der Waals surface area contributed by atoms with Gasteiger partial charge in [-0.3, -0.25) is 0 Å². The van der Waals surface area contributed by atoms with Gasteiger partial charge in [-0.2, -0.15) is 0 Å². The molecule has 0 N–H and O–H groups in total. The summed E-state index contributed by atoms with van der Waals surface area (Å²) in [5.74, 6) is 1.36. The predicted molar refractivity (Wildman–Crippen MR) is 245 cm³/mol. The van der Waals surface area contributed by atoms with Crippen molar-refractivity contribution >= 4 is 61.5 Å². The summed E-state index contributed by atoms with van der Waals surface area (Å²) in [6, 6.07) is 62.6. The average molecular weight is 761 g/mol. The van der Waals surface area contributed by atoms with E-state index in [1.54, 1.807) is 6.33 Å². The minimum absolute atomic E-state index is 0.664. The number of aryl methyl sites for hydroxylation is 1. The quantitative estimate of drug-likeness (QED) is 0.147. The molecule has 0 spiro atoms. The highest BCUT2D eigenvalue weighted by atomic mass is 15.1. The second-order valence-electron chi connectivity index (χ2n) is 14.6. The maximum atomic E-state index is 4.94. The molecule has 0 atom stereocenters. The molecule has 0 aliphatic heterocycles. The van der Waals surface area contributed by atoms with E-state index in [9.17, 15) is 0 Å². The highest BCUT2D eigenvalue weighted by Crippen LogP contribution is 2.43. The number of nitrogens with zero attached hydrogens (tertiary/aromatic N) is 6. The number of benzene rings is 7. The van der Waals surface area contributed by atoms with Crippen LogP contribution in [0.2, 0.25) is 0 Å². The Morgan fingerprint density at radius 2 is 0.983 bits per heavy atom. The van der Waals surface area contributed by atoms with Gasteiger partial charge in [0.1, 0.15) is 6.33 Å². The zero-order valence-electron chi connectivity index (χ0n) is 32.6. The molecule has 1 aliphatic carbocycles. The van der Waals surface area contributed by atoms with Crippen LogP contribution in [0.5, 0.6) is 0 Å². The van der Waals surface area contributed by atoms with Crippen LogP contribution in [0.1, 0.15) is 17.8 Å². The number of hydrogen-bond acceptors (Lipinski definition) is 5. The Morgan fingerprint density at radius 1 is 0.475 bits per heavy atom. The minimum atomic E-state index is 0.664. The van der Waals surface area contributed by atoms with Gasteiger partial charge in [-0.15, -0.1) is 0 Å². The lowest BCUT2D eigenvalue weighted by atomic mass is 10.1. The molecule has 10 rings (SSSR count). The first kappa shape index (κ1) is 35.6. The van der Waals surface area contributed by atoms with E-state index in [2.05, 4.69) is 225 Å². The van der Waals surface area contributed by atoms with Crippen molar-refractivity contribution in [2.45, 2.75) is 13.3 Å². The third-order valence-corrected chi connectivity index (χ3v) is 10.9. The molecule has 0 unspecified atom stereocenters. The molecule has 0 amide bonds. The van der Waals surface area contributed by atoms with E-state index >= 15 is 0 Å². The highest BCUT2D eigenvalue weighted by Gasteiger charge is 2.21. The lowest BCUT2D eigenvalue weighted by molar-refractivity contribution is 1.01. The Hall–Kier alpha value is -7.83. The van der Waals surface area contributed by atoms with Gasteiger partial charge in [-0.25, -0.2) is 15.0 Å². The van der Waals surface area contributed by atoms with Gasteiger partial charge in [0.15, 0.2) is 11.6 Å². The van der Waals surface area contributed by atoms with Crippen LogP contribution in [0, 0.1) is 6.92 Å². The van der Waals surface area contributed by atoms with E-state index in [0.717, 1.165) is 84.7 Å². The van der Waals surface area contributed by atoms with Gasteiger partial charge in [0, 0.05) is 61.7 Å². The Balaban J connectivity index is 1.16. The Bertz CT molecular complexity index is 2800. The van der Waals surface area contributed by atoms with Crippen LogP contribution >= 0.6 is 0 Å². The van der Waals surface area contributed by atoms with Crippen molar-refractivity contribution in [3.8, 4) is 17.1 Å². The number of anilines is 6. The minimum Gasteiger partial charge on any atom is -0.310 e. The maximum absolute atomic E-state index is 4.94. The van der Waals surface area contributed by atoms with Crippen molar-refractivity contribution < 1.29 is 0 Å². The molecule has 2 heterocycles. The smallest absolute Gasteiger partial charge is 0.163 e. The lowest BCUT2D eigenvalue weighted by Gasteiger charge is -2.26. The van der Waals surface area contributed by atoms with Gasteiger partial charge in [0.25, 0.3) is 0 Å². The number of hydrogen-bond donors (Lipinski definition) is 0. The first-order chi connectivity index (χ1) is 29.2. The fraction of sp³-hybridized carbons (Fsp3) is 0.0377. The number of fused-ring (bicyclic) bond motifs is 3. The van der Waals surface area contributed by atoms with Crippen LogP contribution in [0.15, 0.2) is 213 Å². The molecule has 59 heavy (non-hydrogen) atoms. The molecule has 7 aromatic carbocycles. The fourth-order valence-electron chi connectivity index (χ4n) is 8.12. The summed E-state index contributed by atoms with van der Waals surface area (Å²) in [4.78, 5) is 18.8. The van der Waals surface area contributed by atoms with Crippen LogP contribution in [0.3, 0.4) is 0 Å². The second kappa shape index (κ2) is 15.6. The van der Waals surface area contributed by atoms with E-state index in [4.69, 9.17) is 4.98 Å². The van der Waals surface area contributed by atoms with E-state index in [1.807, 2.05) is 12.2 Å². The lowest BCUT2D eigenvalue weighted by Crippen LogP contribution is -2.09. The molecule has 0 bridgehead atoms. The maximum Gasteiger partial charge on any atom is 0.163 e. The second-order valence-corrected chi connectivity index (χ2v) is 14.6. The standard InChI is InChI=1S/C53H40N6/c1-38-34-44(28-31-47(38)53-55-37-54-52(56-53)39-18-8-2-3-9-19-39)59-50-32-29-45(57(40-20-10-4-11-21-40)41-22-12-5-13-23-41)35-48(50)49-36-46(30-33-51(49)59)58(42-24-14-6-15-25-42)43-26-16-7-17-27-43/h2-18,20-37H,19H2,1H3. The topological polar surface area (TPSA) is 50.1 Å². The molecular formula is C53H40N6. The summed E-state index contributed by atoms with van der Waals surface area (Å²) in [7, 11) is 0. The van der Waals surface area contributed by atoms with Crippen molar-refractivity contribution in [3.63, 3.8) is 0 Å². The van der Waals surface area contributed by atoms with Gasteiger partial charge in [-0.1, -0.05) is 103 Å². The van der Waals surface area contributed by atoms with Gasteiger partial charge in [0.05, 0.1) is 11.0 Å². The first-order valence-corrected chi connectivity index (χ1v) is 19.9. The summed E-state index contributed by atoms with van der Waals surface area (Å²) in [6.07, 6.45) is 12.7. The van der Waals surface area contributed by atoms with Crippen molar-refractivity contribution in [2.24, 2.45) is 0 Å². The predicted octanol–water partition coefficient (Wildman–Crippen LogP) is 13.8. The molecule has 0 fully saturated rings. The normalized spacial score (nSPS) is 12.4. The zero-order chi connectivity index (χ0) is 39.5. The van der Waals surface area contributed by atoms with Crippen molar-refractivity contribution in [3.05, 3.63) is 224 Å². The molecule has 9 aromatic rings. The van der Waals surface area contributed by atoms with E-state index in [1.165, 1.54) is 0 Å². The van der Waals surface area contributed by atoms with Crippen LogP contribution in [-0.2, 0) is 0 Å². The van der Waals surface area contributed by atoms with Crippen LogP contribution in [0.4, 0.5) is 34.1 Å². The summed E-state index contributed by atoms with van der Waals surface area (Å²) in [5, 5.41) is 2.31. The van der Waals surface area contributed by atoms with Gasteiger partial charge < -0.3 is 14.4 Å². The van der Waals surface area contributed by atoms with E-state index in [0.29, 0.717) is 11.6 Å². The molecule has 282 valence electrons. The molecule has 2 aromatic heterocycles. The average Bonchev–Trinajstić information content (AvgIpc) is 3.40. The van der Waals surface area contributed by atoms with Crippen molar-refractivity contribution in [2.75, 3.05) is 9.80 Å². The molecule has 0 radical (unpaired) electrons. The molecule has 6 nitrogen and oxygen atoms in total. The van der Waals surface area contributed by atoms with E-state index in [-0.39, 0.29) is 0 Å². The molecular weight excluding hydrogens is 721 g/mol. The Morgan fingerprint density at radius 3 is 1.49 bits per heavy atom. The summed E-state index contributed by atoms with van der Waals surface area (Å²) >= 11 is 0. The molecule has 0 saturated heterocycles. The summed E-state index contributed by atoms with van der Waals surface area (Å²) in [6.45, 7) is 2.14. The fourth-order valence-corrected chi connectivity index (χ4v) is 8.12. The third kappa shape index (κ3) is 6.87. The molecule has 6 heteroatoms. The summed E-state index contributed by atoms with van der Waals surface area (Å²) in [5.41, 5.74) is 13.0. The summed E-state index contributed by atoms with van der Waals surface area (Å²) < 4.78 is 2.38. The Labute approximate surface area is 344 Å². The van der Waals surface area contributed by atoms with Crippen LogP contribution < -0.4 is 9.80 Å². The highest BCUT2D eigenvalue weighted by molar-refractivity contribution is 6.12. The number of allylic oxidation sites excluding steroid dienone is 6. The van der Waals surface area contributed by atoms with Crippen molar-refractivity contribution in [1.82, 2.24) is 19.5 Å². The van der Waals surface area contributed by atoms with Gasteiger partial charge in [0.2, 0.25) is 0 Å². The van der Waals surface area contributed by atoms with Crippen molar-refractivity contribution in [1.29, 1.82) is 0 Å². The molecule has 1 aliphatic rings. The number of rotatable bonds is 9. The first-order valence-electron chi connectivity index (χ1n) is 19.9. The van der Waals surface area contributed by atoms with Crippen LogP contribution in [-0.4, -0.2) is 19.5 Å². The van der Waals surface area contributed by atoms with Gasteiger partial charge >= 0.3 is 0 Å². The molecule has 0 saturated carbocycles. The SMILES string of the molecule is Cc1cc(-n2c3ccc(N(c4ccccc4)c4ccccc4)cc3c3cc(N(c4ccccc4)c4ccccc4)ccc32)ccc1-c1ncnc(C2=CC=CC=CC2)n1. The third-order valence-electron chi connectivity index (χ3n) is 10.9. The number of para-hydroxylation sites is 4. The van der Waals surface area contributed by atoms with Crippen LogP contribution in [0.25, 0.3) is 44.5 Å². The zero-order valence-corrected chi connectivity index (χ0v) is 32.6. The largest absolute Gasteiger partial charge is 0.310 e. The number of aromatic nitrogens is 4. The van der Waals surface area contributed by atoms with Gasteiger partial charge in [-0.05, 0) is 122 Å². The van der Waals surface area contributed by atoms with E-state index < -0.39 is 0 Å². The Kier molecular flexibility index (Phi) is 9.41. The monoisotopic (exact) mass is 760 g/mol.